The monoisotopic (exact) mass is 422 g/mol. The van der Waals surface area contributed by atoms with Crippen LogP contribution in [0.25, 0.3) is 11.6 Å². The first-order valence-corrected chi connectivity index (χ1v) is 11.0. The van der Waals surface area contributed by atoms with Gasteiger partial charge in [0.25, 0.3) is 5.91 Å². The Hall–Kier alpha value is -3.16. The number of carbonyl (C=O) groups excluding carboxylic acids is 1. The number of amides is 1. The van der Waals surface area contributed by atoms with Gasteiger partial charge in [0, 0.05) is 26.3 Å². The van der Waals surface area contributed by atoms with Crippen molar-refractivity contribution in [3.8, 4) is 0 Å². The highest BCUT2D eigenvalue weighted by Gasteiger charge is 2.29. The van der Waals surface area contributed by atoms with Crippen LogP contribution >= 0.6 is 0 Å². The Labute approximate surface area is 176 Å². The van der Waals surface area contributed by atoms with E-state index in [1.165, 1.54) is 18.4 Å². The summed E-state index contributed by atoms with van der Waals surface area (Å²) in [6.45, 7) is 0.488. The van der Waals surface area contributed by atoms with Crippen molar-refractivity contribution in [3.05, 3.63) is 83.8 Å². The predicted molar refractivity (Wildman–Crippen MR) is 116 cm³/mol. The van der Waals surface area contributed by atoms with Gasteiger partial charge in [-0.05, 0) is 54.0 Å². The molecule has 1 aliphatic heterocycles. The average Bonchev–Trinajstić information content (AvgIpc) is 3.41. The Morgan fingerprint density at radius 2 is 1.83 bits per heavy atom. The van der Waals surface area contributed by atoms with Gasteiger partial charge in [0.05, 0.1) is 16.7 Å². The molecule has 1 aliphatic rings. The predicted octanol–water partition coefficient (Wildman–Crippen LogP) is 3.66. The van der Waals surface area contributed by atoms with Crippen molar-refractivity contribution >= 4 is 33.3 Å². The van der Waals surface area contributed by atoms with Gasteiger partial charge in [-0.3, -0.25) is 4.79 Å². The summed E-state index contributed by atoms with van der Waals surface area (Å²) in [5.74, 6) is 0.439. The molecule has 2 aromatic carbocycles. The first-order valence-electron chi connectivity index (χ1n) is 9.56. The van der Waals surface area contributed by atoms with Crippen LogP contribution in [0.1, 0.15) is 16.9 Å². The third-order valence-corrected chi connectivity index (χ3v) is 6.93. The third-order valence-electron chi connectivity index (χ3n) is 5.12. The van der Waals surface area contributed by atoms with Crippen LogP contribution in [-0.2, 0) is 21.2 Å². The Kier molecular flexibility index (Phi) is 5.32. The van der Waals surface area contributed by atoms with E-state index < -0.39 is 10.0 Å². The van der Waals surface area contributed by atoms with Crippen LogP contribution in [0, 0.1) is 0 Å². The summed E-state index contributed by atoms with van der Waals surface area (Å²) < 4.78 is 31.5. The van der Waals surface area contributed by atoms with Crippen LogP contribution in [0.2, 0.25) is 0 Å². The second kappa shape index (κ2) is 7.93. The van der Waals surface area contributed by atoms with Crippen molar-refractivity contribution in [3.63, 3.8) is 0 Å². The number of carbonyl (C=O) groups is 1. The van der Waals surface area contributed by atoms with Gasteiger partial charge in [-0.1, -0.05) is 30.3 Å². The van der Waals surface area contributed by atoms with Gasteiger partial charge >= 0.3 is 0 Å². The van der Waals surface area contributed by atoms with Gasteiger partial charge in [0.1, 0.15) is 5.76 Å². The Balaban J connectivity index is 1.72. The molecule has 0 saturated carbocycles. The second-order valence-electron chi connectivity index (χ2n) is 7.22. The number of nitrogens with zero attached hydrogens (tertiary/aromatic N) is 2. The first kappa shape index (κ1) is 20.1. The molecule has 7 heteroatoms. The smallest absolute Gasteiger partial charge is 0.259 e. The number of hydrogen-bond donors (Lipinski definition) is 0. The van der Waals surface area contributed by atoms with E-state index >= 15 is 0 Å². The SMILES string of the molecule is CN(C)S(=O)(=O)c1ccc2c(c1)CCN2C(=O)/C(=C/c1ccco1)c1ccccc1. The van der Waals surface area contributed by atoms with Crippen molar-refractivity contribution in [1.29, 1.82) is 0 Å². The minimum Gasteiger partial charge on any atom is -0.465 e. The molecule has 154 valence electrons. The highest BCUT2D eigenvalue weighted by Crippen LogP contribution is 2.33. The zero-order valence-corrected chi connectivity index (χ0v) is 17.6. The van der Waals surface area contributed by atoms with Crippen LogP contribution < -0.4 is 4.90 Å². The second-order valence-corrected chi connectivity index (χ2v) is 9.38. The molecule has 0 saturated heterocycles. The number of sulfonamides is 1. The average molecular weight is 423 g/mol. The van der Waals surface area contributed by atoms with E-state index in [0.717, 1.165) is 16.8 Å². The van der Waals surface area contributed by atoms with Crippen LogP contribution in [0.15, 0.2) is 76.2 Å². The Morgan fingerprint density at radius 3 is 2.50 bits per heavy atom. The maximum absolute atomic E-state index is 13.5. The van der Waals surface area contributed by atoms with Gasteiger partial charge < -0.3 is 9.32 Å². The van der Waals surface area contributed by atoms with Crippen LogP contribution in [0.4, 0.5) is 5.69 Å². The quantitative estimate of drug-likeness (QED) is 0.589. The van der Waals surface area contributed by atoms with E-state index in [9.17, 15) is 13.2 Å². The van der Waals surface area contributed by atoms with Crippen molar-refractivity contribution < 1.29 is 17.6 Å². The number of benzene rings is 2. The normalized spacial score (nSPS) is 14.2. The van der Waals surface area contributed by atoms with E-state index in [1.54, 1.807) is 47.6 Å². The molecule has 0 radical (unpaired) electrons. The number of anilines is 1. The van der Waals surface area contributed by atoms with Crippen molar-refractivity contribution in [2.75, 3.05) is 25.5 Å². The molecule has 0 aliphatic carbocycles. The molecule has 0 fully saturated rings. The summed E-state index contributed by atoms with van der Waals surface area (Å²) in [6, 6.07) is 17.9. The standard InChI is InChI=1S/C23H22N2O4S/c1-24(2)30(27,28)20-10-11-22-18(15-20)12-13-25(22)23(26)21(16-19-9-6-14-29-19)17-7-4-3-5-8-17/h3-11,14-16H,12-13H2,1-2H3/b21-16+. The van der Waals surface area contributed by atoms with Gasteiger partial charge in [-0.15, -0.1) is 0 Å². The fourth-order valence-corrected chi connectivity index (χ4v) is 4.46. The molecule has 1 aromatic heterocycles. The van der Waals surface area contributed by atoms with Gasteiger partial charge in [0.15, 0.2) is 0 Å². The largest absolute Gasteiger partial charge is 0.465 e. The van der Waals surface area contributed by atoms with Gasteiger partial charge in [0.2, 0.25) is 10.0 Å². The molecular weight excluding hydrogens is 400 g/mol. The fourth-order valence-electron chi connectivity index (χ4n) is 3.51. The fraction of sp³-hybridized carbons (Fsp3) is 0.174. The summed E-state index contributed by atoms with van der Waals surface area (Å²) in [4.78, 5) is 15.4. The van der Waals surface area contributed by atoms with Crippen molar-refractivity contribution in [2.45, 2.75) is 11.3 Å². The van der Waals surface area contributed by atoms with E-state index in [1.807, 2.05) is 30.3 Å². The minimum atomic E-state index is -3.52. The van der Waals surface area contributed by atoms with E-state index in [0.29, 0.717) is 24.3 Å². The highest BCUT2D eigenvalue weighted by molar-refractivity contribution is 7.89. The topological polar surface area (TPSA) is 70.8 Å². The molecule has 0 atom stereocenters. The van der Waals surface area contributed by atoms with E-state index in [2.05, 4.69) is 0 Å². The van der Waals surface area contributed by atoms with Crippen molar-refractivity contribution in [1.82, 2.24) is 4.31 Å². The lowest BCUT2D eigenvalue weighted by atomic mass is 10.0. The first-order chi connectivity index (χ1) is 14.4. The van der Waals surface area contributed by atoms with Crippen molar-refractivity contribution in [2.24, 2.45) is 0 Å². The maximum Gasteiger partial charge on any atom is 0.259 e. The summed E-state index contributed by atoms with van der Waals surface area (Å²) >= 11 is 0. The maximum atomic E-state index is 13.5. The molecule has 0 bridgehead atoms. The summed E-state index contributed by atoms with van der Waals surface area (Å²) in [6.07, 6.45) is 3.90. The number of hydrogen-bond acceptors (Lipinski definition) is 4. The molecule has 0 unspecified atom stereocenters. The zero-order valence-electron chi connectivity index (χ0n) is 16.8. The van der Waals surface area contributed by atoms with Gasteiger partial charge in [-0.2, -0.15) is 0 Å². The number of furan rings is 1. The lowest BCUT2D eigenvalue weighted by Gasteiger charge is -2.20. The van der Waals surface area contributed by atoms with E-state index in [-0.39, 0.29) is 10.8 Å². The molecule has 3 aromatic rings. The molecule has 6 nitrogen and oxygen atoms in total. The molecule has 0 spiro atoms. The Bertz CT molecular complexity index is 1200. The van der Waals surface area contributed by atoms with Crippen LogP contribution in [0.5, 0.6) is 0 Å². The molecular formula is C23H22N2O4S. The molecule has 30 heavy (non-hydrogen) atoms. The summed E-state index contributed by atoms with van der Waals surface area (Å²) in [7, 11) is -0.516. The molecule has 2 heterocycles. The Morgan fingerprint density at radius 1 is 1.07 bits per heavy atom. The number of fused-ring (bicyclic) bond motifs is 1. The lowest BCUT2D eigenvalue weighted by molar-refractivity contribution is -0.113. The van der Waals surface area contributed by atoms with Crippen LogP contribution in [-0.4, -0.2) is 39.3 Å². The minimum absolute atomic E-state index is 0.153. The summed E-state index contributed by atoms with van der Waals surface area (Å²) in [5.41, 5.74) is 2.89. The molecule has 1 amide bonds. The third kappa shape index (κ3) is 3.69. The van der Waals surface area contributed by atoms with Gasteiger partial charge in [-0.25, -0.2) is 12.7 Å². The highest BCUT2D eigenvalue weighted by atomic mass is 32.2. The molecule has 0 N–H and O–H groups in total. The van der Waals surface area contributed by atoms with E-state index in [4.69, 9.17) is 4.42 Å². The lowest BCUT2D eigenvalue weighted by Crippen LogP contribution is -2.29. The van der Waals surface area contributed by atoms with Crippen LogP contribution in [0.3, 0.4) is 0 Å². The summed E-state index contributed by atoms with van der Waals surface area (Å²) in [5, 5.41) is 0. The number of rotatable bonds is 5. The zero-order chi connectivity index (χ0) is 21.3. The molecule has 4 rings (SSSR count).